The van der Waals surface area contributed by atoms with Crippen LogP contribution in [0.5, 0.6) is 10.8 Å². The van der Waals surface area contributed by atoms with E-state index in [1.165, 1.54) is 11.3 Å². The fourth-order valence-corrected chi connectivity index (χ4v) is 3.11. The van der Waals surface area contributed by atoms with Gasteiger partial charge < -0.3 is 24.8 Å². The molecular formula is C18H23N3O4S. The van der Waals surface area contributed by atoms with Gasteiger partial charge in [0.2, 0.25) is 5.06 Å². The van der Waals surface area contributed by atoms with E-state index in [0.29, 0.717) is 35.6 Å². The van der Waals surface area contributed by atoms with Crippen LogP contribution in [0.1, 0.15) is 32.4 Å². The topological polar surface area (TPSA) is 86.9 Å². The molecule has 1 atom stereocenters. The summed E-state index contributed by atoms with van der Waals surface area (Å²) in [6.07, 6.45) is 1.04. The van der Waals surface area contributed by atoms with E-state index in [4.69, 9.17) is 19.9 Å². The van der Waals surface area contributed by atoms with Crippen molar-refractivity contribution in [2.24, 2.45) is 0 Å². The highest BCUT2D eigenvalue weighted by atomic mass is 32.1. The van der Waals surface area contributed by atoms with E-state index in [1.54, 1.807) is 11.1 Å². The first-order valence-corrected chi connectivity index (χ1v) is 9.20. The molecule has 26 heavy (non-hydrogen) atoms. The number of hydrogen-bond donors (Lipinski definition) is 1. The minimum absolute atomic E-state index is 0.230. The number of morpholine rings is 1. The quantitative estimate of drug-likeness (QED) is 0.875. The van der Waals surface area contributed by atoms with Gasteiger partial charge in [0.25, 0.3) is 0 Å². The first-order valence-electron chi connectivity index (χ1n) is 8.39. The van der Waals surface area contributed by atoms with E-state index < -0.39 is 5.60 Å². The molecule has 1 aromatic heterocycles. The number of thiazole rings is 1. The summed E-state index contributed by atoms with van der Waals surface area (Å²) < 4.78 is 17.1. The maximum absolute atomic E-state index is 12.3. The standard InChI is InChI=1S/C18H23N3O4S/c1-18(2,3)25-17(22)21-7-8-23-14(11-21)12-5-4-6-13(9-12)24-15-10-20-16(19)26-15/h4-6,9-10,14H,7-8,11H2,1-3H3,(H2,19,20)/t14-/m0/s1. The van der Waals surface area contributed by atoms with Crippen molar-refractivity contribution in [3.8, 4) is 10.8 Å². The number of ether oxygens (including phenoxy) is 3. The molecule has 0 unspecified atom stereocenters. The minimum Gasteiger partial charge on any atom is -0.445 e. The lowest BCUT2D eigenvalue weighted by molar-refractivity contribution is -0.0433. The smallest absolute Gasteiger partial charge is 0.410 e. The van der Waals surface area contributed by atoms with Crippen LogP contribution < -0.4 is 10.5 Å². The van der Waals surface area contributed by atoms with E-state index in [-0.39, 0.29) is 12.2 Å². The van der Waals surface area contributed by atoms with Crippen LogP contribution in [-0.4, -0.2) is 41.3 Å². The van der Waals surface area contributed by atoms with Crippen molar-refractivity contribution < 1.29 is 19.0 Å². The Morgan fingerprint density at radius 1 is 1.42 bits per heavy atom. The number of carbonyl (C=O) groups is 1. The van der Waals surface area contributed by atoms with Crippen molar-refractivity contribution in [3.05, 3.63) is 36.0 Å². The van der Waals surface area contributed by atoms with Gasteiger partial charge in [0.05, 0.1) is 19.3 Å². The van der Waals surface area contributed by atoms with Crippen LogP contribution in [-0.2, 0) is 9.47 Å². The fraction of sp³-hybridized carbons (Fsp3) is 0.444. The molecule has 0 saturated carbocycles. The summed E-state index contributed by atoms with van der Waals surface area (Å²) in [7, 11) is 0. The van der Waals surface area contributed by atoms with Crippen molar-refractivity contribution in [1.29, 1.82) is 0 Å². The highest BCUT2D eigenvalue weighted by Gasteiger charge is 2.29. The number of anilines is 1. The normalized spacial score (nSPS) is 17.8. The molecule has 140 valence electrons. The SMILES string of the molecule is CC(C)(C)OC(=O)N1CCO[C@H](c2cccc(Oc3cnc(N)s3)c2)C1. The monoisotopic (exact) mass is 377 g/mol. The lowest BCUT2D eigenvalue weighted by atomic mass is 10.1. The third-order valence-corrected chi connectivity index (χ3v) is 4.37. The zero-order valence-corrected chi connectivity index (χ0v) is 15.9. The molecule has 0 radical (unpaired) electrons. The van der Waals surface area contributed by atoms with Crippen LogP contribution in [0, 0.1) is 0 Å². The second kappa shape index (κ2) is 7.51. The number of benzene rings is 1. The third-order valence-electron chi connectivity index (χ3n) is 3.67. The van der Waals surface area contributed by atoms with Crippen molar-refractivity contribution in [2.75, 3.05) is 25.4 Å². The average molecular weight is 377 g/mol. The van der Waals surface area contributed by atoms with Crippen LogP contribution in [0.25, 0.3) is 0 Å². The number of rotatable bonds is 3. The summed E-state index contributed by atoms with van der Waals surface area (Å²) >= 11 is 1.28. The molecule has 0 spiro atoms. The molecule has 1 aliphatic heterocycles. The van der Waals surface area contributed by atoms with Gasteiger partial charge >= 0.3 is 6.09 Å². The lowest BCUT2D eigenvalue weighted by Gasteiger charge is -2.34. The number of hydrogen-bond acceptors (Lipinski definition) is 7. The van der Waals surface area contributed by atoms with Gasteiger partial charge in [0.15, 0.2) is 5.13 Å². The van der Waals surface area contributed by atoms with Gasteiger partial charge in [0.1, 0.15) is 17.5 Å². The first kappa shape index (κ1) is 18.5. The molecule has 2 N–H and O–H groups in total. The molecule has 1 saturated heterocycles. The molecule has 1 aromatic carbocycles. The number of amides is 1. The first-order chi connectivity index (χ1) is 12.3. The van der Waals surface area contributed by atoms with E-state index in [1.807, 2.05) is 45.0 Å². The zero-order chi connectivity index (χ0) is 18.7. The second-order valence-electron chi connectivity index (χ2n) is 6.98. The Kier molecular flexibility index (Phi) is 5.33. The van der Waals surface area contributed by atoms with Crippen LogP contribution in [0.15, 0.2) is 30.5 Å². The predicted molar refractivity (Wildman–Crippen MR) is 99.5 cm³/mol. The highest BCUT2D eigenvalue weighted by molar-refractivity contribution is 7.17. The number of carbonyl (C=O) groups excluding carboxylic acids is 1. The molecule has 2 aromatic rings. The van der Waals surface area contributed by atoms with Crippen LogP contribution in [0.2, 0.25) is 0 Å². The van der Waals surface area contributed by atoms with Crippen LogP contribution >= 0.6 is 11.3 Å². The van der Waals surface area contributed by atoms with E-state index in [2.05, 4.69) is 4.98 Å². The lowest BCUT2D eigenvalue weighted by Crippen LogP contribution is -2.44. The van der Waals surface area contributed by atoms with E-state index in [9.17, 15) is 4.79 Å². The summed E-state index contributed by atoms with van der Waals surface area (Å²) in [6.45, 7) is 6.98. The number of nitrogens with two attached hydrogens (primary N) is 1. The highest BCUT2D eigenvalue weighted by Crippen LogP contribution is 2.31. The Bertz CT molecular complexity index is 772. The van der Waals surface area contributed by atoms with Crippen molar-refractivity contribution >= 4 is 22.6 Å². The minimum atomic E-state index is -0.519. The maximum Gasteiger partial charge on any atom is 0.410 e. The van der Waals surface area contributed by atoms with E-state index in [0.717, 1.165) is 5.56 Å². The Hall–Kier alpha value is -2.32. The van der Waals surface area contributed by atoms with Gasteiger partial charge in [-0.05, 0) is 38.5 Å². The van der Waals surface area contributed by atoms with Crippen molar-refractivity contribution in [2.45, 2.75) is 32.5 Å². The largest absolute Gasteiger partial charge is 0.445 e. The number of nitrogen functional groups attached to an aromatic ring is 1. The Balaban J connectivity index is 1.68. The van der Waals surface area contributed by atoms with Gasteiger partial charge in [-0.3, -0.25) is 0 Å². The fourth-order valence-electron chi connectivity index (χ4n) is 2.56. The molecule has 0 bridgehead atoms. The maximum atomic E-state index is 12.3. The second-order valence-corrected chi connectivity index (χ2v) is 8.00. The molecule has 0 aliphatic carbocycles. The van der Waals surface area contributed by atoms with E-state index >= 15 is 0 Å². The van der Waals surface area contributed by atoms with Crippen molar-refractivity contribution in [1.82, 2.24) is 9.88 Å². The number of aromatic nitrogens is 1. The molecule has 8 heteroatoms. The molecule has 7 nitrogen and oxygen atoms in total. The summed E-state index contributed by atoms with van der Waals surface area (Å²) in [6, 6.07) is 7.61. The molecule has 2 heterocycles. The average Bonchev–Trinajstić information content (AvgIpc) is 2.98. The Morgan fingerprint density at radius 2 is 2.23 bits per heavy atom. The molecule has 1 amide bonds. The number of nitrogens with zero attached hydrogens (tertiary/aromatic N) is 2. The van der Waals surface area contributed by atoms with Gasteiger partial charge in [-0.25, -0.2) is 9.78 Å². The van der Waals surface area contributed by atoms with Crippen molar-refractivity contribution in [3.63, 3.8) is 0 Å². The summed E-state index contributed by atoms with van der Waals surface area (Å²) in [5.74, 6) is 0.671. The molecule has 3 rings (SSSR count). The van der Waals surface area contributed by atoms with Crippen LogP contribution in [0.4, 0.5) is 9.93 Å². The Morgan fingerprint density at radius 3 is 2.92 bits per heavy atom. The van der Waals surface area contributed by atoms with Gasteiger partial charge in [-0.2, -0.15) is 0 Å². The van der Waals surface area contributed by atoms with Crippen LogP contribution in [0.3, 0.4) is 0 Å². The zero-order valence-electron chi connectivity index (χ0n) is 15.1. The summed E-state index contributed by atoms with van der Waals surface area (Å²) in [5, 5.41) is 1.08. The molecular weight excluding hydrogens is 354 g/mol. The van der Waals surface area contributed by atoms with Gasteiger partial charge in [0, 0.05) is 6.54 Å². The molecule has 1 fully saturated rings. The molecule has 1 aliphatic rings. The third kappa shape index (κ3) is 4.86. The predicted octanol–water partition coefficient (Wildman–Crippen LogP) is 3.83. The van der Waals surface area contributed by atoms with Gasteiger partial charge in [-0.1, -0.05) is 23.5 Å². The Labute approximate surface area is 156 Å². The summed E-state index contributed by atoms with van der Waals surface area (Å²) in [5.41, 5.74) is 6.04. The summed E-state index contributed by atoms with van der Waals surface area (Å²) in [4.78, 5) is 18.0. The van der Waals surface area contributed by atoms with Gasteiger partial charge in [-0.15, -0.1) is 0 Å².